The number of ether oxygens (including phenoxy) is 1. The van der Waals surface area contributed by atoms with E-state index in [4.69, 9.17) is 4.74 Å². The van der Waals surface area contributed by atoms with E-state index in [0.717, 1.165) is 30.1 Å². The molecule has 1 N–H and O–H groups in total. The van der Waals surface area contributed by atoms with Gasteiger partial charge in [0.1, 0.15) is 5.75 Å². The standard InChI is InChI=1S/C16H18N2O/c1-18-10-9-12-11-14(5-8-16(12)18)17-13-3-6-15(19-2)7-4-13/h3-8,11,17H,9-10H2,1-2H3. The van der Waals surface area contributed by atoms with Crippen molar-refractivity contribution in [1.82, 2.24) is 0 Å². The molecule has 2 aromatic carbocycles. The lowest BCUT2D eigenvalue weighted by molar-refractivity contribution is 0.415. The minimum Gasteiger partial charge on any atom is -0.497 e. The molecule has 0 bridgehead atoms. The van der Waals surface area contributed by atoms with Crippen LogP contribution in [0.1, 0.15) is 5.56 Å². The first-order valence-electron chi connectivity index (χ1n) is 6.51. The second-order valence-corrected chi connectivity index (χ2v) is 4.87. The minimum absolute atomic E-state index is 0.876. The lowest BCUT2D eigenvalue weighted by atomic mass is 10.1. The van der Waals surface area contributed by atoms with Gasteiger partial charge in [-0.1, -0.05) is 0 Å². The van der Waals surface area contributed by atoms with Gasteiger partial charge >= 0.3 is 0 Å². The van der Waals surface area contributed by atoms with Gasteiger partial charge in [-0.2, -0.15) is 0 Å². The molecule has 0 radical (unpaired) electrons. The van der Waals surface area contributed by atoms with Crippen molar-refractivity contribution in [3.05, 3.63) is 48.0 Å². The van der Waals surface area contributed by atoms with Crippen molar-refractivity contribution in [2.45, 2.75) is 6.42 Å². The van der Waals surface area contributed by atoms with Crippen LogP contribution in [-0.4, -0.2) is 20.7 Å². The van der Waals surface area contributed by atoms with Crippen molar-refractivity contribution in [2.24, 2.45) is 0 Å². The van der Waals surface area contributed by atoms with E-state index in [2.05, 4.69) is 35.5 Å². The van der Waals surface area contributed by atoms with Gasteiger partial charge in [-0.25, -0.2) is 0 Å². The molecule has 0 spiro atoms. The number of rotatable bonds is 3. The molecule has 2 aromatic rings. The van der Waals surface area contributed by atoms with Crippen LogP contribution in [0, 0.1) is 0 Å². The molecule has 19 heavy (non-hydrogen) atoms. The van der Waals surface area contributed by atoms with Crippen LogP contribution in [0.15, 0.2) is 42.5 Å². The van der Waals surface area contributed by atoms with Crippen molar-refractivity contribution in [2.75, 3.05) is 30.9 Å². The molecular formula is C16H18N2O. The normalized spacial score (nSPS) is 13.3. The Labute approximate surface area is 113 Å². The van der Waals surface area contributed by atoms with Gasteiger partial charge in [0.15, 0.2) is 0 Å². The average Bonchev–Trinajstić information content (AvgIpc) is 2.81. The molecule has 0 unspecified atom stereocenters. The Bertz CT molecular complexity index is 578. The molecular weight excluding hydrogens is 236 g/mol. The van der Waals surface area contributed by atoms with Gasteiger partial charge in [-0.05, 0) is 54.4 Å². The summed E-state index contributed by atoms with van der Waals surface area (Å²) < 4.78 is 5.16. The summed E-state index contributed by atoms with van der Waals surface area (Å²) in [5.74, 6) is 0.876. The molecule has 0 saturated heterocycles. The molecule has 0 aromatic heterocycles. The van der Waals surface area contributed by atoms with Crippen molar-refractivity contribution in [1.29, 1.82) is 0 Å². The van der Waals surface area contributed by atoms with Crippen LogP contribution >= 0.6 is 0 Å². The predicted octanol–water partition coefficient (Wildman–Crippen LogP) is 3.43. The van der Waals surface area contributed by atoms with Gasteiger partial charge < -0.3 is 15.0 Å². The van der Waals surface area contributed by atoms with E-state index in [1.165, 1.54) is 11.3 Å². The van der Waals surface area contributed by atoms with E-state index >= 15 is 0 Å². The maximum atomic E-state index is 5.16. The quantitative estimate of drug-likeness (QED) is 0.908. The molecule has 98 valence electrons. The fourth-order valence-corrected chi connectivity index (χ4v) is 2.49. The Morgan fingerprint density at radius 3 is 2.53 bits per heavy atom. The third-order valence-corrected chi connectivity index (χ3v) is 3.59. The van der Waals surface area contributed by atoms with E-state index in [1.807, 2.05) is 24.3 Å². The van der Waals surface area contributed by atoms with Crippen LogP contribution in [0.25, 0.3) is 0 Å². The van der Waals surface area contributed by atoms with Crippen LogP contribution in [-0.2, 0) is 6.42 Å². The fourth-order valence-electron chi connectivity index (χ4n) is 2.49. The number of anilines is 3. The van der Waals surface area contributed by atoms with Crippen LogP contribution in [0.4, 0.5) is 17.1 Å². The van der Waals surface area contributed by atoms with Crippen molar-refractivity contribution in [3.63, 3.8) is 0 Å². The summed E-state index contributed by atoms with van der Waals surface area (Å²) in [5, 5.41) is 3.43. The second kappa shape index (κ2) is 4.84. The summed E-state index contributed by atoms with van der Waals surface area (Å²) >= 11 is 0. The number of hydrogen-bond donors (Lipinski definition) is 1. The van der Waals surface area contributed by atoms with Gasteiger partial charge in [0.25, 0.3) is 0 Å². The summed E-state index contributed by atoms with van der Waals surface area (Å²) in [4.78, 5) is 2.30. The van der Waals surface area contributed by atoms with Crippen molar-refractivity contribution < 1.29 is 4.74 Å². The highest BCUT2D eigenvalue weighted by Crippen LogP contribution is 2.30. The maximum absolute atomic E-state index is 5.16. The lowest BCUT2D eigenvalue weighted by Gasteiger charge is -2.13. The number of nitrogens with zero attached hydrogens (tertiary/aromatic N) is 1. The Morgan fingerprint density at radius 2 is 1.79 bits per heavy atom. The Kier molecular flexibility index (Phi) is 3.03. The molecule has 0 atom stereocenters. The van der Waals surface area contributed by atoms with E-state index in [1.54, 1.807) is 7.11 Å². The fraction of sp³-hybridized carbons (Fsp3) is 0.250. The summed E-state index contributed by atoms with van der Waals surface area (Å²) in [6, 6.07) is 14.5. The van der Waals surface area contributed by atoms with Crippen molar-refractivity contribution >= 4 is 17.1 Å². The molecule has 0 aliphatic carbocycles. The topological polar surface area (TPSA) is 24.5 Å². The molecule has 3 rings (SSSR count). The first-order valence-corrected chi connectivity index (χ1v) is 6.51. The Balaban J connectivity index is 1.79. The Hall–Kier alpha value is -2.16. The van der Waals surface area contributed by atoms with Crippen molar-refractivity contribution in [3.8, 4) is 5.75 Å². The second-order valence-electron chi connectivity index (χ2n) is 4.87. The SMILES string of the molecule is COc1ccc(Nc2ccc3c(c2)CCN3C)cc1. The lowest BCUT2D eigenvalue weighted by Crippen LogP contribution is -2.12. The maximum Gasteiger partial charge on any atom is 0.119 e. The summed E-state index contributed by atoms with van der Waals surface area (Å²) in [7, 11) is 3.82. The highest BCUT2D eigenvalue weighted by Gasteiger charge is 2.15. The highest BCUT2D eigenvalue weighted by atomic mass is 16.5. The number of fused-ring (bicyclic) bond motifs is 1. The number of methoxy groups -OCH3 is 1. The van der Waals surface area contributed by atoms with Crippen LogP contribution < -0.4 is 15.0 Å². The zero-order valence-electron chi connectivity index (χ0n) is 11.3. The molecule has 0 amide bonds. The monoisotopic (exact) mass is 254 g/mol. The third-order valence-electron chi connectivity index (χ3n) is 3.59. The molecule has 3 nitrogen and oxygen atoms in total. The largest absolute Gasteiger partial charge is 0.497 e. The minimum atomic E-state index is 0.876. The van der Waals surface area contributed by atoms with Crippen LogP contribution in [0.3, 0.4) is 0 Å². The summed E-state index contributed by atoms with van der Waals surface area (Å²) in [6.07, 6.45) is 1.13. The first-order chi connectivity index (χ1) is 9.26. The third kappa shape index (κ3) is 2.36. The molecule has 0 saturated carbocycles. The highest BCUT2D eigenvalue weighted by molar-refractivity contribution is 5.68. The predicted molar refractivity (Wildman–Crippen MR) is 79.7 cm³/mol. The van der Waals surface area contributed by atoms with Gasteiger partial charge in [-0.3, -0.25) is 0 Å². The van der Waals surface area contributed by atoms with E-state index in [9.17, 15) is 0 Å². The number of hydrogen-bond acceptors (Lipinski definition) is 3. The number of benzene rings is 2. The number of likely N-dealkylation sites (N-methyl/N-ethyl adjacent to an activating group) is 1. The molecule has 3 heteroatoms. The summed E-state index contributed by atoms with van der Waals surface area (Å²) in [6.45, 7) is 1.11. The Morgan fingerprint density at radius 1 is 1.05 bits per heavy atom. The molecule has 1 aliphatic heterocycles. The number of nitrogens with one attached hydrogen (secondary N) is 1. The smallest absolute Gasteiger partial charge is 0.119 e. The zero-order chi connectivity index (χ0) is 13.2. The van der Waals surface area contributed by atoms with Gasteiger partial charge in [-0.15, -0.1) is 0 Å². The molecule has 1 heterocycles. The van der Waals surface area contributed by atoms with Gasteiger partial charge in [0.05, 0.1) is 7.11 Å². The van der Waals surface area contributed by atoms with Gasteiger partial charge in [0, 0.05) is 30.7 Å². The van der Waals surface area contributed by atoms with E-state index < -0.39 is 0 Å². The van der Waals surface area contributed by atoms with Gasteiger partial charge in [0.2, 0.25) is 0 Å². The van der Waals surface area contributed by atoms with E-state index in [-0.39, 0.29) is 0 Å². The zero-order valence-corrected chi connectivity index (χ0v) is 11.3. The van der Waals surface area contributed by atoms with E-state index in [0.29, 0.717) is 0 Å². The summed E-state index contributed by atoms with van der Waals surface area (Å²) in [5.41, 5.74) is 4.98. The van der Waals surface area contributed by atoms with Crippen LogP contribution in [0.5, 0.6) is 5.75 Å². The molecule has 0 fully saturated rings. The average molecular weight is 254 g/mol. The molecule has 1 aliphatic rings. The first kappa shape index (κ1) is 11.9. The van der Waals surface area contributed by atoms with Crippen LogP contribution in [0.2, 0.25) is 0 Å².